The van der Waals surface area contributed by atoms with Gasteiger partial charge in [0.1, 0.15) is 24.1 Å². The monoisotopic (exact) mass is 495 g/mol. The number of methoxy groups -OCH3 is 1. The van der Waals surface area contributed by atoms with Crippen LogP contribution in [0.15, 0.2) is 36.7 Å². The largest absolute Gasteiger partial charge is 0.493 e. The first-order valence-corrected chi connectivity index (χ1v) is 12.3. The Hall–Kier alpha value is -3.21. The van der Waals surface area contributed by atoms with E-state index in [1.807, 2.05) is 24.3 Å². The Morgan fingerprint density at radius 2 is 1.92 bits per heavy atom. The summed E-state index contributed by atoms with van der Waals surface area (Å²) in [6.45, 7) is 4.61. The van der Waals surface area contributed by atoms with Crippen molar-refractivity contribution in [3.63, 3.8) is 0 Å². The van der Waals surface area contributed by atoms with E-state index in [9.17, 15) is 0 Å². The number of nitrogens with zero attached hydrogens (tertiary/aromatic N) is 4. The van der Waals surface area contributed by atoms with Gasteiger partial charge in [0.05, 0.1) is 31.0 Å². The predicted octanol–water partition coefficient (Wildman–Crippen LogP) is 3.21. The van der Waals surface area contributed by atoms with Crippen molar-refractivity contribution in [1.82, 2.24) is 14.9 Å². The maximum atomic E-state index is 15.0. The van der Waals surface area contributed by atoms with E-state index >= 15 is 4.39 Å². The molecule has 2 aromatic carbocycles. The van der Waals surface area contributed by atoms with Crippen molar-refractivity contribution in [2.45, 2.75) is 24.7 Å². The van der Waals surface area contributed by atoms with E-state index in [4.69, 9.17) is 18.9 Å². The van der Waals surface area contributed by atoms with Crippen molar-refractivity contribution in [3.05, 3.63) is 42.5 Å². The van der Waals surface area contributed by atoms with Crippen LogP contribution in [0.25, 0.3) is 10.9 Å². The number of anilines is 3. The Morgan fingerprint density at radius 3 is 2.72 bits per heavy atom. The molecule has 0 radical (unpaired) electrons. The van der Waals surface area contributed by atoms with E-state index in [0.717, 1.165) is 38.0 Å². The van der Waals surface area contributed by atoms with Crippen LogP contribution in [0.2, 0.25) is 0 Å². The number of ether oxygens (including phenoxy) is 4. The molecule has 190 valence electrons. The molecule has 3 aliphatic rings. The van der Waals surface area contributed by atoms with Crippen LogP contribution in [0.1, 0.15) is 6.42 Å². The lowest BCUT2D eigenvalue weighted by Crippen LogP contribution is -2.44. The van der Waals surface area contributed by atoms with Crippen LogP contribution < -0.4 is 19.7 Å². The topological polar surface area (TPSA) is 81.2 Å². The molecule has 2 unspecified atom stereocenters. The standard InChI is InChI=1S/C26H30FN5O4/c1-31-6-8-32(9-7-31)20-4-3-16(11-18(20)27)30-26-17-12-22(33-2)23(13-19(17)28-15-29-26)36-24-14-35-21-5-10-34-25(21)24/h3-4,11-13,15,21,24-25H,5-10,14H2,1-2H3,(H,28,29,30)/t21?,24-,25?/m1/s1. The van der Waals surface area contributed by atoms with Gasteiger partial charge in [0.25, 0.3) is 0 Å². The Labute approximate surface area is 209 Å². The molecule has 36 heavy (non-hydrogen) atoms. The van der Waals surface area contributed by atoms with E-state index in [1.54, 1.807) is 7.11 Å². The normalized spacial score (nSPS) is 24.2. The molecule has 3 atom stereocenters. The minimum atomic E-state index is -0.262. The average Bonchev–Trinajstić information content (AvgIpc) is 3.50. The summed E-state index contributed by atoms with van der Waals surface area (Å²) >= 11 is 0. The van der Waals surface area contributed by atoms with Crippen molar-refractivity contribution < 1.29 is 23.3 Å². The highest BCUT2D eigenvalue weighted by Gasteiger charge is 2.43. The van der Waals surface area contributed by atoms with E-state index in [2.05, 4.69) is 32.1 Å². The van der Waals surface area contributed by atoms with Gasteiger partial charge in [0.2, 0.25) is 0 Å². The van der Waals surface area contributed by atoms with Gasteiger partial charge in [-0.05, 0) is 37.7 Å². The molecule has 0 aliphatic carbocycles. The molecule has 0 amide bonds. The first-order valence-electron chi connectivity index (χ1n) is 12.3. The van der Waals surface area contributed by atoms with Crippen LogP contribution >= 0.6 is 0 Å². The fourth-order valence-corrected chi connectivity index (χ4v) is 5.13. The summed E-state index contributed by atoms with van der Waals surface area (Å²) in [7, 11) is 3.68. The van der Waals surface area contributed by atoms with Gasteiger partial charge in [-0.2, -0.15) is 0 Å². The van der Waals surface area contributed by atoms with E-state index in [0.29, 0.717) is 47.4 Å². The first kappa shape index (κ1) is 23.2. The summed E-state index contributed by atoms with van der Waals surface area (Å²) in [4.78, 5) is 13.2. The zero-order valence-corrected chi connectivity index (χ0v) is 20.4. The number of halogens is 1. The third-order valence-corrected chi connectivity index (χ3v) is 7.17. The van der Waals surface area contributed by atoms with Crippen LogP contribution in [-0.2, 0) is 9.47 Å². The molecular formula is C26H30FN5O4. The second-order valence-electron chi connectivity index (χ2n) is 9.48. The molecule has 0 bridgehead atoms. The molecule has 1 aromatic heterocycles. The lowest BCUT2D eigenvalue weighted by molar-refractivity contribution is 0.0298. The molecule has 3 fully saturated rings. The van der Waals surface area contributed by atoms with Crippen LogP contribution in [-0.4, -0.2) is 86.7 Å². The van der Waals surface area contributed by atoms with E-state index in [1.165, 1.54) is 12.4 Å². The zero-order chi connectivity index (χ0) is 24.6. The van der Waals surface area contributed by atoms with Crippen molar-refractivity contribution in [3.8, 4) is 11.5 Å². The van der Waals surface area contributed by atoms with E-state index < -0.39 is 0 Å². The highest BCUT2D eigenvalue weighted by atomic mass is 19.1. The van der Waals surface area contributed by atoms with Gasteiger partial charge < -0.3 is 34.1 Å². The molecule has 10 heteroatoms. The van der Waals surface area contributed by atoms with Crippen molar-refractivity contribution in [2.24, 2.45) is 0 Å². The third kappa shape index (κ3) is 4.40. The van der Waals surface area contributed by atoms with Crippen LogP contribution in [0.5, 0.6) is 11.5 Å². The fraction of sp³-hybridized carbons (Fsp3) is 0.462. The Morgan fingerprint density at radius 1 is 1.06 bits per heavy atom. The number of hydrogen-bond donors (Lipinski definition) is 1. The second-order valence-corrected chi connectivity index (χ2v) is 9.48. The van der Waals surface area contributed by atoms with Crippen LogP contribution in [0.3, 0.4) is 0 Å². The van der Waals surface area contributed by atoms with Gasteiger partial charge in [-0.25, -0.2) is 14.4 Å². The summed E-state index contributed by atoms with van der Waals surface area (Å²) in [6.07, 6.45) is 2.17. The number of aromatic nitrogens is 2. The molecule has 0 spiro atoms. The van der Waals surface area contributed by atoms with Crippen molar-refractivity contribution in [2.75, 3.05) is 63.8 Å². The van der Waals surface area contributed by atoms with Gasteiger partial charge in [0.15, 0.2) is 17.6 Å². The summed E-state index contributed by atoms with van der Waals surface area (Å²) in [6, 6.07) is 8.87. The maximum Gasteiger partial charge on any atom is 0.164 e. The molecule has 3 saturated heterocycles. The van der Waals surface area contributed by atoms with Crippen molar-refractivity contribution >= 4 is 28.1 Å². The minimum Gasteiger partial charge on any atom is -0.493 e. The van der Waals surface area contributed by atoms with Crippen LogP contribution in [0, 0.1) is 5.82 Å². The molecule has 0 saturated carbocycles. The SMILES string of the molecule is COc1cc2c(Nc3ccc(N4CCN(C)CC4)c(F)c3)ncnc2cc1O[C@@H]1COC2CCOC21. The van der Waals surface area contributed by atoms with Gasteiger partial charge in [0, 0.05) is 49.9 Å². The molecule has 6 rings (SSSR count). The number of benzene rings is 2. The van der Waals surface area contributed by atoms with E-state index in [-0.39, 0.29) is 24.1 Å². The average molecular weight is 496 g/mol. The summed E-state index contributed by atoms with van der Waals surface area (Å²) in [5.74, 6) is 1.42. The van der Waals surface area contributed by atoms with Gasteiger partial charge in [-0.3, -0.25) is 0 Å². The summed E-state index contributed by atoms with van der Waals surface area (Å²) in [5.41, 5.74) is 1.91. The van der Waals surface area contributed by atoms with Gasteiger partial charge >= 0.3 is 0 Å². The highest BCUT2D eigenvalue weighted by Crippen LogP contribution is 2.38. The lowest BCUT2D eigenvalue weighted by atomic mass is 10.1. The number of fused-ring (bicyclic) bond motifs is 2. The van der Waals surface area contributed by atoms with Crippen LogP contribution in [0.4, 0.5) is 21.6 Å². The Kier molecular flexibility index (Phi) is 6.24. The Balaban J connectivity index is 1.24. The molecular weight excluding hydrogens is 465 g/mol. The number of hydrogen-bond acceptors (Lipinski definition) is 9. The van der Waals surface area contributed by atoms with Gasteiger partial charge in [-0.15, -0.1) is 0 Å². The molecule has 3 aliphatic heterocycles. The fourth-order valence-electron chi connectivity index (χ4n) is 5.13. The first-order chi connectivity index (χ1) is 17.6. The highest BCUT2D eigenvalue weighted by molar-refractivity contribution is 5.93. The lowest BCUT2D eigenvalue weighted by Gasteiger charge is -2.34. The molecule has 9 nitrogen and oxygen atoms in total. The maximum absolute atomic E-state index is 15.0. The smallest absolute Gasteiger partial charge is 0.164 e. The second kappa shape index (κ2) is 9.68. The van der Waals surface area contributed by atoms with Gasteiger partial charge in [-0.1, -0.05) is 0 Å². The summed E-state index contributed by atoms with van der Waals surface area (Å²) in [5, 5.41) is 3.98. The molecule has 1 N–H and O–H groups in total. The predicted molar refractivity (Wildman–Crippen MR) is 134 cm³/mol. The van der Waals surface area contributed by atoms with Crippen molar-refractivity contribution in [1.29, 1.82) is 0 Å². The molecule has 3 aromatic rings. The Bertz CT molecular complexity index is 1250. The number of likely N-dealkylation sites (N-methyl/N-ethyl adjacent to an activating group) is 1. The quantitative estimate of drug-likeness (QED) is 0.554. The number of rotatable bonds is 6. The zero-order valence-electron chi connectivity index (χ0n) is 20.4. The minimum absolute atomic E-state index is 0.0725. The summed E-state index contributed by atoms with van der Waals surface area (Å²) < 4.78 is 38.5. The number of nitrogens with one attached hydrogen (secondary N) is 1. The molecule has 4 heterocycles. The third-order valence-electron chi connectivity index (χ3n) is 7.17. The number of piperazine rings is 1.